The first kappa shape index (κ1) is 113. The van der Waals surface area contributed by atoms with Gasteiger partial charge in [0.2, 0.25) is 11.8 Å². The average molecular weight is 1760 g/mol. The second-order valence-electron chi connectivity index (χ2n) is 41.0. The van der Waals surface area contributed by atoms with E-state index >= 15 is 0 Å². The Morgan fingerprint density at radius 2 is 0.920 bits per heavy atom. The van der Waals surface area contributed by atoms with Crippen molar-refractivity contribution < 1.29 is 13.4 Å². The predicted octanol–water partition coefficient (Wildman–Crippen LogP) is 28.9. The molecule has 0 aliphatic carbocycles. The largest absolute Gasteiger partial charge is 0.445 e. The van der Waals surface area contributed by atoms with Crippen molar-refractivity contribution in [3.05, 3.63) is 262 Å². The lowest BCUT2D eigenvalue weighted by molar-refractivity contribution is 0.403. The highest BCUT2D eigenvalue weighted by Gasteiger charge is 2.26. The Bertz CT molecular complexity index is 4770. The van der Waals surface area contributed by atoms with Gasteiger partial charge < -0.3 is 22.5 Å². The Morgan fingerprint density at radius 1 is 0.392 bits per heavy atom. The molecule has 0 aliphatic rings. The van der Waals surface area contributed by atoms with E-state index in [1.165, 1.54) is 38.9 Å². The lowest BCUT2D eigenvalue weighted by Gasteiger charge is -2.18. The quantitative estimate of drug-likeness (QED) is 0.127. The van der Waals surface area contributed by atoms with Gasteiger partial charge in [-0.3, -0.25) is 14.5 Å². The molecule has 0 spiro atoms. The zero-order chi connectivity index (χ0) is 96.8. The number of aromatic nitrogens is 16. The Labute approximate surface area is 766 Å². The molecule has 0 fully saturated rings. The molecule has 22 heteroatoms. The summed E-state index contributed by atoms with van der Waals surface area (Å²) in [5.41, 5.74) is 16.7. The minimum Gasteiger partial charge on any atom is -0.445 e. The molecule has 0 aromatic carbocycles. The Hall–Kier alpha value is -10.3. The molecule has 11 heterocycles. The molecule has 19 nitrogen and oxygen atoms in total. The number of oxazole rings is 2. The van der Waals surface area contributed by atoms with Gasteiger partial charge in [-0.25, -0.2) is 29.9 Å². The number of hydrogen-bond acceptors (Lipinski definition) is 17. The molecule has 125 heavy (non-hydrogen) atoms. The fourth-order valence-corrected chi connectivity index (χ4v) is 13.1. The van der Waals surface area contributed by atoms with Gasteiger partial charge in [0, 0.05) is 135 Å². The summed E-state index contributed by atoms with van der Waals surface area (Å²) in [7, 11) is 7.90. The Morgan fingerprint density at radius 3 is 1.21 bits per heavy atom. The molecule has 11 rings (SSSR count). The van der Waals surface area contributed by atoms with E-state index < -0.39 is 0 Å². The topological polar surface area (TPSA) is 217 Å². The molecule has 1 N–H and O–H groups in total. The van der Waals surface area contributed by atoms with Crippen molar-refractivity contribution in [1.29, 1.82) is 0 Å². The van der Waals surface area contributed by atoms with E-state index in [4.69, 9.17) is 13.4 Å². The molecule has 11 aromatic rings. The van der Waals surface area contributed by atoms with Gasteiger partial charge in [0.1, 0.15) is 45.6 Å². The first-order valence-corrected chi connectivity index (χ1v) is 44.5. The number of imidazole rings is 2. The molecule has 0 bridgehead atoms. The molecule has 0 atom stereocenters. The highest BCUT2D eigenvalue weighted by molar-refractivity contribution is 7.12. The van der Waals surface area contributed by atoms with Gasteiger partial charge in [-0.05, 0) is 118 Å². The number of nitrogens with one attached hydrogen (secondary N) is 1. The van der Waals surface area contributed by atoms with E-state index in [9.17, 15) is 0 Å². The van der Waals surface area contributed by atoms with Crippen LogP contribution in [0, 0.1) is 0 Å². The van der Waals surface area contributed by atoms with Crippen molar-refractivity contribution >= 4 is 101 Å². The maximum atomic E-state index is 5.37. The lowest BCUT2D eigenvalue weighted by atomic mass is 9.87. The van der Waals surface area contributed by atoms with Crippen molar-refractivity contribution in [2.45, 2.75) is 288 Å². The Balaban J connectivity index is 0.000000688. The smallest absolute Gasteiger partial charge is 0.218 e. The number of thiazole rings is 2. The third-order valence-corrected chi connectivity index (χ3v) is 21.1. The summed E-state index contributed by atoms with van der Waals surface area (Å²) in [4.78, 5) is 26.8. The van der Waals surface area contributed by atoms with Gasteiger partial charge in [-0.15, -0.1) is 22.7 Å². The fraction of sp³-hybridized carbons (Fsp3) is 0.466. The van der Waals surface area contributed by atoms with Gasteiger partial charge in [0.15, 0.2) is 0 Å². The molecule has 11 aromatic heterocycles. The lowest BCUT2D eigenvalue weighted by Crippen LogP contribution is -2.16. The first-order chi connectivity index (χ1) is 57.1. The van der Waals surface area contributed by atoms with Crippen LogP contribution in [0.4, 0.5) is 0 Å². The van der Waals surface area contributed by atoms with Crippen molar-refractivity contribution in [2.75, 3.05) is 0 Å². The normalized spacial score (nSPS) is 11.6. The number of H-pyrrole nitrogens is 1. The zero-order valence-corrected chi connectivity index (χ0v) is 86.1. The molecular weight excluding hydrogens is 1610 g/mol. The van der Waals surface area contributed by atoms with E-state index in [2.05, 4.69) is 394 Å². The zero-order valence-electron chi connectivity index (χ0n) is 83.6. The van der Waals surface area contributed by atoms with Crippen LogP contribution >= 0.6 is 34.2 Å². The van der Waals surface area contributed by atoms with Crippen LogP contribution in [0.1, 0.15) is 352 Å². The van der Waals surface area contributed by atoms with E-state index in [0.717, 1.165) is 84.2 Å². The highest BCUT2D eigenvalue weighted by atomic mass is 32.1. The summed E-state index contributed by atoms with van der Waals surface area (Å²) >= 11 is 4.85. The number of aryl methyl sites for hydroxylation is 3. The summed E-state index contributed by atoms with van der Waals surface area (Å²) in [6.07, 6.45) is 32.2. The van der Waals surface area contributed by atoms with Crippen LogP contribution in [0.3, 0.4) is 0 Å². The van der Waals surface area contributed by atoms with Gasteiger partial charge in [-0.1, -0.05) is 306 Å². The molecule has 684 valence electrons. The van der Waals surface area contributed by atoms with Crippen LogP contribution in [-0.2, 0) is 87.8 Å². The minimum atomic E-state index is 0.0360. The maximum Gasteiger partial charge on any atom is 0.218 e. The van der Waals surface area contributed by atoms with Crippen molar-refractivity contribution in [1.82, 2.24) is 78.3 Å². The second kappa shape index (κ2) is 47.9. The fourth-order valence-electron chi connectivity index (χ4n) is 10.5. The third-order valence-electron chi connectivity index (χ3n) is 18.2. The molecule has 0 radical (unpaired) electrons. The summed E-state index contributed by atoms with van der Waals surface area (Å²) in [6, 6.07) is 4.10. The minimum absolute atomic E-state index is 0.0360. The van der Waals surface area contributed by atoms with Crippen LogP contribution in [0.25, 0.3) is 66.8 Å². The van der Waals surface area contributed by atoms with Crippen molar-refractivity contribution in [2.24, 2.45) is 28.2 Å². The number of nitrogens with zero attached hydrogens (tertiary/aromatic N) is 15. The van der Waals surface area contributed by atoms with Crippen LogP contribution in [0.15, 0.2) is 152 Å². The van der Waals surface area contributed by atoms with Crippen molar-refractivity contribution in [3.8, 4) is 0 Å². The summed E-state index contributed by atoms with van der Waals surface area (Å²) in [5.74, 6) is 3.94. The van der Waals surface area contributed by atoms with Crippen molar-refractivity contribution in [3.63, 3.8) is 0 Å². The molecule has 0 saturated carbocycles. The van der Waals surface area contributed by atoms with Gasteiger partial charge in [0.05, 0.1) is 46.1 Å². The third kappa shape index (κ3) is 38.6. The van der Waals surface area contributed by atoms with E-state index in [1.807, 2.05) is 66.7 Å². The molecule has 0 unspecified atom stereocenters. The van der Waals surface area contributed by atoms with Crippen LogP contribution in [0.5, 0.6) is 0 Å². The SMILES string of the molecule is C=Cc1cc(C(C)(C)C)[nH]n1.C=Cc1cc(C(C)(C)C)n(C)n1.C=Cc1nc(C(C)(C)C)cn1C.C=Cc1nc(C(C)(C)C)co1.C=Cc1nc(C(C)(C)C)cs1.C=Cc1ncc(C(C)(C)C)n1C.C=Cc1ncc(C(C)(C)C)o1.C=Cc1ncc(C(C)(C)C)s1.C=Cc1nn(C)cc1C(C)(C)C.C=Cc1nocc1C(C)(C)C.C=Cc1nscc1C(C)(C)C. The van der Waals surface area contributed by atoms with Crippen LogP contribution < -0.4 is 0 Å². The molecule has 0 aliphatic heterocycles. The summed E-state index contributed by atoms with van der Waals surface area (Å²) in [5, 5.41) is 25.6. The highest BCUT2D eigenvalue weighted by Crippen LogP contribution is 2.33. The number of hydrogen-bond donors (Lipinski definition) is 1. The molecule has 0 amide bonds. The predicted molar refractivity (Wildman–Crippen MR) is 544 cm³/mol. The van der Waals surface area contributed by atoms with E-state index in [1.54, 1.807) is 102 Å². The first-order valence-electron chi connectivity index (χ1n) is 41.9. The second-order valence-corrected chi connectivity index (χ2v) is 43.6. The molecule has 0 saturated heterocycles. The standard InChI is InChI=1S/4C10H16N2.C9H14N2.3C9H13NO.3C9H13NS/c1-6-9-11-8(7-12(9)5)10(2,3)4;1-6-9-11-7-8(12(9)5)10(2,3)4;1-6-9-8(10(2,3)4)7-12(5)11-9;1-6-8-7-9(10(2,3)4)12(5)11-8;1-5-7-6-8(11-10-7)9(2,3)4;1-5-8-10-7(6-11-8)9(2,3)4;1-5-8-10-6-7(11-8)9(2,3)4;1-5-8-7(6-11-10-8)9(2,3)4;1-5-8-10-7(6-11-8)9(2,3)4;1-5-8-10-6-7(11-8)9(2,3)4;1-5-8-7(6-11-10-8)9(2,3)4/h4*6-7H,1H2,2-5H3;5-6H,1H2,2-4H3,(H,10,11);6*5-6H,1H2,2-4H3. The maximum absolute atomic E-state index is 5.37. The average Bonchev–Trinajstić information content (AvgIpc) is 1.69. The van der Waals surface area contributed by atoms with Gasteiger partial charge in [-0.2, -0.15) is 19.7 Å². The van der Waals surface area contributed by atoms with Gasteiger partial charge >= 0.3 is 0 Å². The summed E-state index contributed by atoms with van der Waals surface area (Å²) < 4.78 is 27.4. The van der Waals surface area contributed by atoms with E-state index in [-0.39, 0.29) is 59.6 Å². The molecular formula is C103H156N16O3S3. The van der Waals surface area contributed by atoms with Crippen LogP contribution in [0.2, 0.25) is 0 Å². The summed E-state index contributed by atoms with van der Waals surface area (Å²) in [6.45, 7) is 111. The van der Waals surface area contributed by atoms with E-state index in [0.29, 0.717) is 11.8 Å². The van der Waals surface area contributed by atoms with Gasteiger partial charge in [0.25, 0.3) is 0 Å². The Kier molecular flexibility index (Phi) is 43.2. The number of aromatic amines is 1. The monoisotopic (exact) mass is 1760 g/mol. The number of rotatable bonds is 11. The van der Waals surface area contributed by atoms with Crippen LogP contribution in [-0.4, -0.2) is 78.3 Å².